The zero-order chi connectivity index (χ0) is 16.4. The number of carboxylic acids is 1. The average Bonchev–Trinajstić information content (AvgIpc) is 2.05. The monoisotopic (exact) mass is 224 g/mol. The van der Waals surface area contributed by atoms with E-state index in [-0.39, 0.29) is 0 Å². The first-order valence-electron chi connectivity index (χ1n) is 6.56. The van der Waals surface area contributed by atoms with Gasteiger partial charge in [-0.1, -0.05) is 0 Å². The molecule has 0 bridgehead atoms. The van der Waals surface area contributed by atoms with Crippen molar-refractivity contribution in [3.63, 3.8) is 0 Å². The Balaban J connectivity index is 4.99. The summed E-state index contributed by atoms with van der Waals surface area (Å²) in [5.41, 5.74) is -0.926. The summed E-state index contributed by atoms with van der Waals surface area (Å²) in [6.07, 6.45) is -1.21. The Hall–Kier alpha value is -1.30. The van der Waals surface area contributed by atoms with Crippen LogP contribution in [0.15, 0.2) is 0 Å². The molecule has 2 N–H and O–H groups in total. The zero-order valence-electron chi connectivity index (χ0n) is 13.7. The van der Waals surface area contributed by atoms with Crippen LogP contribution in [-0.2, 0) is 14.3 Å². The van der Waals surface area contributed by atoms with Crippen molar-refractivity contribution in [2.75, 3.05) is 13.6 Å². The Morgan fingerprint density at radius 1 is 1.60 bits per heavy atom. The van der Waals surface area contributed by atoms with Crippen LogP contribution in [0, 0.1) is 0 Å². The lowest BCUT2D eigenvalue weighted by Crippen LogP contribution is -2.45. The summed E-state index contributed by atoms with van der Waals surface area (Å²) in [6.45, 7) is 1.43. The number of hydrogen-bond donors (Lipinski definition) is 2. The Labute approximate surface area is 95.6 Å². The van der Waals surface area contributed by atoms with Gasteiger partial charge < -0.3 is 19.9 Å². The van der Waals surface area contributed by atoms with Gasteiger partial charge in [-0.25, -0.2) is 9.59 Å². The molecule has 88 valence electrons. The SMILES string of the molecule is [2H]C([2H])([2H])OC([2H])([2H])C(NC(=O)OC(C)(C)C)C(=O)O. The number of carbonyl (C=O) groups excluding carboxylic acids is 1. The molecule has 1 atom stereocenters. The number of hydrogen-bond acceptors (Lipinski definition) is 4. The summed E-state index contributed by atoms with van der Waals surface area (Å²) in [6, 6.07) is -2.24. The van der Waals surface area contributed by atoms with Crippen molar-refractivity contribution in [3.8, 4) is 0 Å². The first-order valence-corrected chi connectivity index (χ1v) is 4.06. The van der Waals surface area contributed by atoms with E-state index in [2.05, 4.69) is 4.74 Å². The third-order valence-electron chi connectivity index (χ3n) is 1.08. The third kappa shape index (κ3) is 6.73. The second kappa shape index (κ2) is 5.55. The van der Waals surface area contributed by atoms with Gasteiger partial charge in [0.2, 0.25) is 0 Å². The van der Waals surface area contributed by atoms with Crippen LogP contribution in [0.3, 0.4) is 0 Å². The van der Waals surface area contributed by atoms with Crippen molar-refractivity contribution in [3.05, 3.63) is 0 Å². The summed E-state index contributed by atoms with van der Waals surface area (Å²) in [7, 11) is -3.16. The molecule has 0 aliphatic rings. The Kier molecular flexibility index (Phi) is 2.61. The molecule has 0 aliphatic heterocycles. The number of carbonyl (C=O) groups is 2. The normalized spacial score (nSPS) is 19.8. The fourth-order valence-corrected chi connectivity index (χ4v) is 0.626. The second-order valence-corrected chi connectivity index (χ2v) is 3.64. The largest absolute Gasteiger partial charge is 0.480 e. The topological polar surface area (TPSA) is 84.9 Å². The molecule has 0 aromatic carbocycles. The van der Waals surface area contributed by atoms with Gasteiger partial charge in [0.25, 0.3) is 0 Å². The molecule has 0 saturated heterocycles. The van der Waals surface area contributed by atoms with Crippen molar-refractivity contribution >= 4 is 12.1 Å². The van der Waals surface area contributed by atoms with Crippen molar-refractivity contribution in [2.24, 2.45) is 0 Å². The molecular formula is C9H17NO5. The third-order valence-corrected chi connectivity index (χ3v) is 1.08. The van der Waals surface area contributed by atoms with Gasteiger partial charge in [-0.3, -0.25) is 0 Å². The van der Waals surface area contributed by atoms with Gasteiger partial charge in [0, 0.05) is 7.04 Å². The quantitative estimate of drug-likeness (QED) is 0.730. The molecule has 1 unspecified atom stereocenters. The van der Waals surface area contributed by atoms with Crippen LogP contribution in [0.1, 0.15) is 27.6 Å². The number of amides is 1. The highest BCUT2D eigenvalue weighted by molar-refractivity contribution is 5.80. The predicted molar refractivity (Wildman–Crippen MR) is 52.7 cm³/mol. The lowest BCUT2D eigenvalue weighted by molar-refractivity contribution is -0.140. The van der Waals surface area contributed by atoms with Crippen LogP contribution in [-0.4, -0.2) is 42.4 Å². The average molecular weight is 224 g/mol. The van der Waals surface area contributed by atoms with Crippen LogP contribution in [0.5, 0.6) is 0 Å². The number of carboxylic acid groups (broad SMARTS) is 1. The molecule has 0 rings (SSSR count). The standard InChI is InChI=1S/C9H17NO5/c1-9(2,3)15-8(13)10-6(5-14-4)7(11)12/h6H,5H2,1-4H3,(H,10,13)(H,11,12)/i4D3,5D2. The molecule has 0 aromatic rings. The summed E-state index contributed by atoms with van der Waals surface area (Å²) in [4.78, 5) is 22.4. The van der Waals surface area contributed by atoms with Crippen molar-refractivity contribution in [2.45, 2.75) is 32.4 Å². The first-order chi connectivity index (χ1) is 8.64. The number of ether oxygens (including phenoxy) is 2. The smallest absolute Gasteiger partial charge is 0.408 e. The fourth-order valence-electron chi connectivity index (χ4n) is 0.626. The fraction of sp³-hybridized carbons (Fsp3) is 0.778. The molecule has 0 radical (unpaired) electrons. The minimum Gasteiger partial charge on any atom is -0.480 e. The molecule has 0 saturated carbocycles. The molecule has 0 heterocycles. The van der Waals surface area contributed by atoms with E-state index in [4.69, 9.17) is 16.7 Å². The van der Waals surface area contributed by atoms with Gasteiger partial charge in [0.05, 0.1) is 13.4 Å². The van der Waals surface area contributed by atoms with E-state index in [9.17, 15) is 9.59 Å². The van der Waals surface area contributed by atoms with Gasteiger partial charge in [0.1, 0.15) is 5.60 Å². The van der Waals surface area contributed by atoms with Crippen molar-refractivity contribution in [1.29, 1.82) is 0 Å². The van der Waals surface area contributed by atoms with Crippen LogP contribution in [0.25, 0.3) is 0 Å². The van der Waals surface area contributed by atoms with E-state index in [1.54, 1.807) is 5.32 Å². The molecule has 0 aliphatic carbocycles. The number of nitrogens with one attached hydrogen (secondary N) is 1. The molecule has 0 aromatic heterocycles. The molecule has 0 fully saturated rings. The summed E-state index contributed by atoms with van der Waals surface area (Å²) >= 11 is 0. The maximum absolute atomic E-state index is 11.4. The van der Waals surface area contributed by atoms with Gasteiger partial charge in [-0.05, 0) is 20.8 Å². The van der Waals surface area contributed by atoms with Crippen LogP contribution < -0.4 is 5.32 Å². The Morgan fingerprint density at radius 3 is 2.60 bits per heavy atom. The Morgan fingerprint density at radius 2 is 2.20 bits per heavy atom. The lowest BCUT2D eigenvalue weighted by atomic mass is 10.2. The van der Waals surface area contributed by atoms with Gasteiger partial charge >= 0.3 is 12.1 Å². The second-order valence-electron chi connectivity index (χ2n) is 3.64. The molecule has 15 heavy (non-hydrogen) atoms. The number of aliphatic carboxylic acids is 1. The van der Waals surface area contributed by atoms with Gasteiger partial charge in [0.15, 0.2) is 6.04 Å². The van der Waals surface area contributed by atoms with Crippen molar-refractivity contribution in [1.82, 2.24) is 5.32 Å². The maximum atomic E-state index is 11.4. The highest BCUT2D eigenvalue weighted by Crippen LogP contribution is 2.06. The lowest BCUT2D eigenvalue weighted by Gasteiger charge is -2.21. The molecular weight excluding hydrogens is 202 g/mol. The maximum Gasteiger partial charge on any atom is 0.408 e. The van der Waals surface area contributed by atoms with E-state index in [1.165, 1.54) is 20.8 Å². The van der Waals surface area contributed by atoms with Gasteiger partial charge in [-0.2, -0.15) is 0 Å². The number of alkyl carbamates (subject to hydrolysis) is 1. The zero-order valence-corrected chi connectivity index (χ0v) is 8.66. The van der Waals surface area contributed by atoms with Crippen LogP contribution in [0.2, 0.25) is 0 Å². The molecule has 6 nitrogen and oxygen atoms in total. The van der Waals surface area contributed by atoms with Crippen molar-refractivity contribution < 1.29 is 31.0 Å². The van der Waals surface area contributed by atoms with Gasteiger partial charge in [-0.15, -0.1) is 0 Å². The number of methoxy groups -OCH3 is 1. The van der Waals surface area contributed by atoms with E-state index in [0.29, 0.717) is 0 Å². The minimum atomic E-state index is -3.16. The van der Waals surface area contributed by atoms with Crippen LogP contribution >= 0.6 is 0 Å². The van der Waals surface area contributed by atoms with Crippen LogP contribution in [0.4, 0.5) is 4.79 Å². The summed E-state index contributed by atoms with van der Waals surface area (Å²) in [5, 5.41) is 10.6. The number of rotatable bonds is 4. The molecule has 6 heteroatoms. The molecule has 0 spiro atoms. The first kappa shape index (κ1) is 7.05. The summed E-state index contributed by atoms with van der Waals surface area (Å²) in [5.74, 6) is -1.80. The minimum absolute atomic E-state index is 0.926. The van der Waals surface area contributed by atoms with E-state index >= 15 is 0 Å². The van der Waals surface area contributed by atoms with E-state index in [1.807, 2.05) is 0 Å². The van der Waals surface area contributed by atoms with E-state index < -0.39 is 37.3 Å². The van der Waals surface area contributed by atoms with E-state index in [0.717, 1.165) is 0 Å². The summed E-state index contributed by atoms with van der Waals surface area (Å²) < 4.78 is 43.8. The predicted octanol–water partition coefficient (Wildman–Crippen LogP) is 0.611. The Bertz CT molecular complexity index is 376. The molecule has 1 amide bonds. The highest BCUT2D eigenvalue weighted by atomic mass is 16.6. The highest BCUT2D eigenvalue weighted by Gasteiger charge is 2.23.